The minimum absolute atomic E-state index is 0.137. The van der Waals surface area contributed by atoms with Crippen molar-refractivity contribution in [1.29, 1.82) is 0 Å². The standard InChI is InChI=1S/C13H17N3O2/c1-9-6-11(12(8-17)14-9)13(18)16-5-4-10(7-16)15(2)3/h4-6,8,10,14H,7H2,1-3H3/t10-/m1/s1. The smallest absolute Gasteiger partial charge is 0.260 e. The molecule has 1 aromatic rings. The predicted molar refractivity (Wildman–Crippen MR) is 68.6 cm³/mol. The number of likely N-dealkylation sites (N-methyl/N-ethyl adjacent to an activating group) is 1. The third-order valence-corrected chi connectivity index (χ3v) is 3.13. The summed E-state index contributed by atoms with van der Waals surface area (Å²) in [4.78, 5) is 29.8. The molecule has 0 radical (unpaired) electrons. The van der Waals surface area contributed by atoms with Gasteiger partial charge in [0.15, 0.2) is 6.29 Å². The van der Waals surface area contributed by atoms with Crippen molar-refractivity contribution in [1.82, 2.24) is 14.8 Å². The highest BCUT2D eigenvalue weighted by Gasteiger charge is 2.25. The summed E-state index contributed by atoms with van der Waals surface area (Å²) in [6.45, 7) is 2.45. The lowest BCUT2D eigenvalue weighted by Gasteiger charge is -2.20. The van der Waals surface area contributed by atoms with Crippen molar-refractivity contribution < 1.29 is 9.59 Å². The molecule has 0 spiro atoms. The highest BCUT2D eigenvalue weighted by Crippen LogP contribution is 2.17. The maximum absolute atomic E-state index is 12.3. The fraction of sp³-hybridized carbons (Fsp3) is 0.385. The first-order valence-electron chi connectivity index (χ1n) is 5.83. The van der Waals surface area contributed by atoms with E-state index >= 15 is 0 Å². The highest BCUT2D eigenvalue weighted by atomic mass is 16.2. The van der Waals surface area contributed by atoms with Gasteiger partial charge in [-0.15, -0.1) is 0 Å². The van der Waals surface area contributed by atoms with Crippen molar-refractivity contribution in [2.24, 2.45) is 0 Å². The second kappa shape index (κ2) is 4.78. The van der Waals surface area contributed by atoms with Crippen molar-refractivity contribution >= 4 is 12.2 Å². The lowest BCUT2D eigenvalue weighted by molar-refractivity contribution is 0.0814. The number of aromatic nitrogens is 1. The van der Waals surface area contributed by atoms with Crippen LogP contribution in [0.2, 0.25) is 0 Å². The van der Waals surface area contributed by atoms with Gasteiger partial charge in [0.25, 0.3) is 5.91 Å². The Morgan fingerprint density at radius 2 is 2.28 bits per heavy atom. The van der Waals surface area contributed by atoms with E-state index in [0.717, 1.165) is 5.69 Å². The molecule has 1 amide bonds. The van der Waals surface area contributed by atoms with E-state index in [1.165, 1.54) is 0 Å². The molecule has 0 unspecified atom stereocenters. The van der Waals surface area contributed by atoms with Gasteiger partial charge in [-0.3, -0.25) is 9.59 Å². The average molecular weight is 247 g/mol. The van der Waals surface area contributed by atoms with E-state index in [2.05, 4.69) is 4.98 Å². The van der Waals surface area contributed by atoms with Crippen molar-refractivity contribution in [2.45, 2.75) is 13.0 Å². The van der Waals surface area contributed by atoms with Crippen LogP contribution in [0.3, 0.4) is 0 Å². The van der Waals surface area contributed by atoms with Gasteiger partial charge in [-0.2, -0.15) is 0 Å². The second-order valence-corrected chi connectivity index (χ2v) is 4.73. The summed E-state index contributed by atoms with van der Waals surface area (Å²) in [5.41, 5.74) is 1.60. The fourth-order valence-corrected chi connectivity index (χ4v) is 2.05. The van der Waals surface area contributed by atoms with Gasteiger partial charge in [-0.1, -0.05) is 0 Å². The molecule has 1 aromatic heterocycles. The molecule has 2 rings (SSSR count). The number of nitrogens with one attached hydrogen (secondary N) is 1. The lowest BCUT2D eigenvalue weighted by Crippen LogP contribution is -2.35. The number of hydrogen-bond acceptors (Lipinski definition) is 3. The van der Waals surface area contributed by atoms with E-state index in [1.54, 1.807) is 17.2 Å². The summed E-state index contributed by atoms with van der Waals surface area (Å²) in [6.07, 6.45) is 4.45. The van der Waals surface area contributed by atoms with Crippen molar-refractivity contribution in [3.8, 4) is 0 Å². The number of aldehydes is 1. The minimum Gasteiger partial charge on any atom is -0.356 e. The van der Waals surface area contributed by atoms with Gasteiger partial charge < -0.3 is 14.8 Å². The number of aryl methyl sites for hydroxylation is 1. The normalized spacial score (nSPS) is 18.7. The zero-order valence-electron chi connectivity index (χ0n) is 10.8. The molecule has 0 saturated carbocycles. The van der Waals surface area contributed by atoms with Gasteiger partial charge in [0.1, 0.15) is 0 Å². The Morgan fingerprint density at radius 3 is 2.83 bits per heavy atom. The first-order chi connectivity index (χ1) is 8.52. The van der Waals surface area contributed by atoms with Gasteiger partial charge in [0.2, 0.25) is 0 Å². The number of rotatable bonds is 3. The molecule has 0 saturated heterocycles. The zero-order chi connectivity index (χ0) is 13.3. The van der Waals surface area contributed by atoms with Crippen LogP contribution in [0.4, 0.5) is 0 Å². The number of hydrogen-bond donors (Lipinski definition) is 1. The topological polar surface area (TPSA) is 56.4 Å². The summed E-state index contributed by atoms with van der Waals surface area (Å²) >= 11 is 0. The van der Waals surface area contributed by atoms with Gasteiger partial charge in [-0.05, 0) is 33.2 Å². The summed E-state index contributed by atoms with van der Waals surface area (Å²) in [5, 5.41) is 0. The number of aromatic amines is 1. The van der Waals surface area contributed by atoms with Crippen LogP contribution in [-0.4, -0.2) is 53.7 Å². The summed E-state index contributed by atoms with van der Waals surface area (Å²) < 4.78 is 0. The molecule has 0 aromatic carbocycles. The molecule has 2 heterocycles. The van der Waals surface area contributed by atoms with E-state index in [0.29, 0.717) is 24.1 Å². The van der Waals surface area contributed by atoms with Gasteiger partial charge in [-0.25, -0.2) is 0 Å². The number of amides is 1. The highest BCUT2D eigenvalue weighted by molar-refractivity contribution is 6.01. The number of H-pyrrole nitrogens is 1. The molecule has 5 heteroatoms. The van der Waals surface area contributed by atoms with Crippen molar-refractivity contribution in [2.75, 3.05) is 20.6 Å². The molecule has 0 aliphatic carbocycles. The van der Waals surface area contributed by atoms with Crippen LogP contribution in [0.5, 0.6) is 0 Å². The van der Waals surface area contributed by atoms with Crippen molar-refractivity contribution in [3.05, 3.63) is 35.3 Å². The van der Waals surface area contributed by atoms with Crippen LogP contribution in [0, 0.1) is 6.92 Å². The molecular formula is C13H17N3O2. The third-order valence-electron chi connectivity index (χ3n) is 3.13. The maximum atomic E-state index is 12.3. The van der Waals surface area contributed by atoms with Crippen molar-refractivity contribution in [3.63, 3.8) is 0 Å². The molecule has 1 atom stereocenters. The SMILES string of the molecule is Cc1cc(C(=O)N2C=C[C@@H](N(C)C)C2)c(C=O)[nH]1. The molecule has 0 fully saturated rings. The third kappa shape index (κ3) is 2.22. The first kappa shape index (κ1) is 12.6. The Balaban J connectivity index is 2.18. The average Bonchev–Trinajstić information content (AvgIpc) is 2.94. The Labute approximate surface area is 106 Å². The molecule has 1 N–H and O–H groups in total. The predicted octanol–water partition coefficient (Wildman–Crippen LogP) is 1.04. The van der Waals surface area contributed by atoms with E-state index in [9.17, 15) is 9.59 Å². The quantitative estimate of drug-likeness (QED) is 0.812. The molecule has 1 aliphatic heterocycles. The van der Waals surface area contributed by atoms with Crippen LogP contribution >= 0.6 is 0 Å². The van der Waals surface area contributed by atoms with Gasteiger partial charge in [0, 0.05) is 24.5 Å². The van der Waals surface area contributed by atoms with E-state index < -0.39 is 0 Å². The largest absolute Gasteiger partial charge is 0.356 e. The Hall–Kier alpha value is -1.88. The van der Waals surface area contributed by atoms with E-state index in [4.69, 9.17) is 0 Å². The monoisotopic (exact) mass is 247 g/mol. The van der Waals surface area contributed by atoms with Gasteiger partial charge >= 0.3 is 0 Å². The van der Waals surface area contributed by atoms with Crippen LogP contribution in [0.15, 0.2) is 18.3 Å². The number of carbonyl (C=O) groups is 2. The summed E-state index contributed by atoms with van der Waals surface area (Å²) in [5.74, 6) is -0.137. The summed E-state index contributed by atoms with van der Waals surface area (Å²) in [7, 11) is 3.94. The van der Waals surface area contributed by atoms with Crippen LogP contribution in [0.1, 0.15) is 26.5 Å². The summed E-state index contributed by atoms with van der Waals surface area (Å²) in [6, 6.07) is 1.94. The Kier molecular flexibility index (Phi) is 3.34. The lowest BCUT2D eigenvalue weighted by atomic mass is 10.2. The van der Waals surface area contributed by atoms with E-state index in [1.807, 2.05) is 32.0 Å². The van der Waals surface area contributed by atoms with Crippen LogP contribution in [0.25, 0.3) is 0 Å². The number of carbonyl (C=O) groups excluding carboxylic acids is 2. The second-order valence-electron chi connectivity index (χ2n) is 4.73. The molecule has 18 heavy (non-hydrogen) atoms. The Morgan fingerprint density at radius 1 is 1.56 bits per heavy atom. The molecule has 1 aliphatic rings. The minimum atomic E-state index is -0.137. The maximum Gasteiger partial charge on any atom is 0.260 e. The van der Waals surface area contributed by atoms with Gasteiger partial charge in [0.05, 0.1) is 11.3 Å². The Bertz CT molecular complexity index is 502. The molecule has 96 valence electrons. The first-order valence-corrected chi connectivity index (χ1v) is 5.83. The molecular weight excluding hydrogens is 230 g/mol. The molecule has 5 nitrogen and oxygen atoms in total. The van der Waals surface area contributed by atoms with Crippen LogP contribution in [-0.2, 0) is 0 Å². The fourth-order valence-electron chi connectivity index (χ4n) is 2.05. The van der Waals surface area contributed by atoms with E-state index in [-0.39, 0.29) is 11.9 Å². The van der Waals surface area contributed by atoms with Crippen LogP contribution < -0.4 is 0 Å². The number of nitrogens with zero attached hydrogens (tertiary/aromatic N) is 2. The molecule has 0 bridgehead atoms. The zero-order valence-corrected chi connectivity index (χ0v) is 10.8.